The van der Waals surface area contributed by atoms with E-state index in [1.807, 2.05) is 6.92 Å². The molecular formula is C10H13N7O. The third kappa shape index (κ3) is 2.43. The van der Waals surface area contributed by atoms with E-state index in [0.717, 1.165) is 11.3 Å². The molecule has 0 atom stereocenters. The Labute approximate surface area is 103 Å². The van der Waals surface area contributed by atoms with E-state index >= 15 is 0 Å². The second-order valence-corrected chi connectivity index (χ2v) is 3.73. The summed E-state index contributed by atoms with van der Waals surface area (Å²) in [5, 5.41) is 13.7. The van der Waals surface area contributed by atoms with E-state index in [9.17, 15) is 4.79 Å². The van der Waals surface area contributed by atoms with Gasteiger partial charge in [-0.2, -0.15) is 4.80 Å². The summed E-state index contributed by atoms with van der Waals surface area (Å²) in [6.07, 6.45) is 0. The van der Waals surface area contributed by atoms with Gasteiger partial charge in [0.2, 0.25) is 0 Å². The van der Waals surface area contributed by atoms with E-state index in [0.29, 0.717) is 5.56 Å². The maximum absolute atomic E-state index is 12.0. The average Bonchev–Trinajstić information content (AvgIpc) is 2.74. The molecule has 0 aliphatic rings. The van der Waals surface area contributed by atoms with E-state index in [-0.39, 0.29) is 11.9 Å². The number of aromatic nitrogens is 4. The number of nitrogens with zero attached hydrogens (tertiary/aromatic N) is 4. The first-order chi connectivity index (χ1) is 8.60. The number of carbonyl (C=O) groups excluding carboxylic acids is 1. The molecule has 1 amide bonds. The fourth-order valence-corrected chi connectivity index (χ4v) is 1.51. The van der Waals surface area contributed by atoms with Crippen molar-refractivity contribution in [3.8, 4) is 0 Å². The molecule has 0 aliphatic heterocycles. The van der Waals surface area contributed by atoms with Gasteiger partial charge in [0.1, 0.15) is 0 Å². The predicted octanol–water partition coefficient (Wildman–Crippen LogP) is 0.0564. The van der Waals surface area contributed by atoms with Crippen LogP contribution in [0.5, 0.6) is 0 Å². The third-order valence-corrected chi connectivity index (χ3v) is 2.37. The van der Waals surface area contributed by atoms with Gasteiger partial charge in [0, 0.05) is 11.3 Å². The lowest BCUT2D eigenvalue weighted by atomic mass is 10.1. The normalized spacial score (nSPS) is 10.2. The molecule has 0 bridgehead atoms. The highest BCUT2D eigenvalue weighted by Gasteiger charge is 2.12. The van der Waals surface area contributed by atoms with Crippen LogP contribution in [0.25, 0.3) is 0 Å². The molecule has 0 unspecified atom stereocenters. The zero-order valence-electron chi connectivity index (χ0n) is 10.0. The molecule has 0 saturated heterocycles. The van der Waals surface area contributed by atoms with Crippen molar-refractivity contribution in [2.75, 3.05) is 10.7 Å². The van der Waals surface area contributed by atoms with E-state index in [4.69, 9.17) is 5.84 Å². The number of nitrogens with one attached hydrogen (secondary N) is 2. The smallest absolute Gasteiger partial charge is 0.270 e. The van der Waals surface area contributed by atoms with Crippen molar-refractivity contribution in [1.82, 2.24) is 20.2 Å². The molecule has 0 saturated carbocycles. The van der Waals surface area contributed by atoms with Crippen LogP contribution in [-0.4, -0.2) is 26.1 Å². The van der Waals surface area contributed by atoms with Gasteiger partial charge >= 0.3 is 0 Å². The Balaban J connectivity index is 2.18. The first kappa shape index (κ1) is 12.0. The number of anilines is 2. The molecule has 4 N–H and O–H groups in total. The van der Waals surface area contributed by atoms with Crippen molar-refractivity contribution in [1.29, 1.82) is 0 Å². The van der Waals surface area contributed by atoms with Crippen molar-refractivity contribution >= 4 is 17.5 Å². The highest BCUT2D eigenvalue weighted by Crippen LogP contribution is 2.15. The number of amides is 1. The lowest BCUT2D eigenvalue weighted by molar-refractivity contribution is 0.102. The quantitative estimate of drug-likeness (QED) is 0.522. The van der Waals surface area contributed by atoms with Crippen LogP contribution in [0.3, 0.4) is 0 Å². The topological polar surface area (TPSA) is 111 Å². The van der Waals surface area contributed by atoms with Crippen LogP contribution in [0.2, 0.25) is 0 Å². The number of rotatable bonds is 3. The maximum Gasteiger partial charge on any atom is 0.270 e. The van der Waals surface area contributed by atoms with Gasteiger partial charge in [-0.3, -0.25) is 16.0 Å². The minimum atomic E-state index is -0.288. The van der Waals surface area contributed by atoms with E-state index in [1.54, 1.807) is 25.2 Å². The standard InChI is InChI=1S/C10H13N7O/c1-6-5-7(13-11)3-4-8(6)9(18)12-10-14-16-17(2)15-10/h3-5,13H,11H2,1-2H3,(H,12,15,18). The van der Waals surface area contributed by atoms with Crippen LogP contribution in [-0.2, 0) is 7.05 Å². The fourth-order valence-electron chi connectivity index (χ4n) is 1.51. The largest absolute Gasteiger partial charge is 0.324 e. The summed E-state index contributed by atoms with van der Waals surface area (Å²) in [6, 6.07) is 5.17. The molecule has 1 aromatic carbocycles. The minimum Gasteiger partial charge on any atom is -0.324 e. The number of nitrogens with two attached hydrogens (primary N) is 1. The number of hydrazine groups is 1. The summed E-state index contributed by atoms with van der Waals surface area (Å²) in [4.78, 5) is 13.2. The molecule has 0 aliphatic carbocycles. The predicted molar refractivity (Wildman–Crippen MR) is 65.7 cm³/mol. The molecule has 0 radical (unpaired) electrons. The Hall–Kier alpha value is -2.48. The highest BCUT2D eigenvalue weighted by molar-refractivity contribution is 6.04. The van der Waals surface area contributed by atoms with Gasteiger partial charge in [0.05, 0.1) is 7.05 Å². The van der Waals surface area contributed by atoms with E-state index in [1.165, 1.54) is 4.80 Å². The molecule has 0 spiro atoms. The zero-order chi connectivity index (χ0) is 13.1. The van der Waals surface area contributed by atoms with Crippen LogP contribution in [0.1, 0.15) is 15.9 Å². The van der Waals surface area contributed by atoms with E-state index < -0.39 is 0 Å². The summed E-state index contributed by atoms with van der Waals surface area (Å²) >= 11 is 0. The Morgan fingerprint density at radius 1 is 1.44 bits per heavy atom. The second-order valence-electron chi connectivity index (χ2n) is 3.73. The van der Waals surface area contributed by atoms with Crippen molar-refractivity contribution in [2.24, 2.45) is 12.9 Å². The van der Waals surface area contributed by atoms with Gasteiger partial charge in [0.25, 0.3) is 11.9 Å². The van der Waals surface area contributed by atoms with Gasteiger partial charge in [0.15, 0.2) is 0 Å². The van der Waals surface area contributed by atoms with Gasteiger partial charge in [-0.25, -0.2) is 0 Å². The average molecular weight is 247 g/mol. The molecule has 1 aromatic heterocycles. The van der Waals surface area contributed by atoms with Gasteiger partial charge < -0.3 is 5.43 Å². The molecular weight excluding hydrogens is 234 g/mol. The molecule has 18 heavy (non-hydrogen) atoms. The van der Waals surface area contributed by atoms with Gasteiger partial charge in [-0.1, -0.05) is 5.10 Å². The van der Waals surface area contributed by atoms with Gasteiger partial charge in [-0.15, -0.1) is 5.10 Å². The molecule has 94 valence electrons. The summed E-state index contributed by atoms with van der Waals surface area (Å²) in [5.41, 5.74) is 4.58. The van der Waals surface area contributed by atoms with Crippen LogP contribution in [0.15, 0.2) is 18.2 Å². The molecule has 2 rings (SSSR count). The van der Waals surface area contributed by atoms with Crippen molar-refractivity contribution < 1.29 is 4.79 Å². The van der Waals surface area contributed by atoms with Gasteiger partial charge in [-0.05, 0) is 35.9 Å². The molecule has 1 heterocycles. The lowest BCUT2D eigenvalue weighted by Gasteiger charge is -2.07. The number of aryl methyl sites for hydroxylation is 2. The van der Waals surface area contributed by atoms with Crippen LogP contribution in [0, 0.1) is 6.92 Å². The number of benzene rings is 1. The minimum absolute atomic E-state index is 0.169. The van der Waals surface area contributed by atoms with Crippen LogP contribution < -0.4 is 16.6 Å². The first-order valence-corrected chi connectivity index (χ1v) is 5.23. The Kier molecular flexibility index (Phi) is 3.20. The Morgan fingerprint density at radius 2 is 2.22 bits per heavy atom. The number of hydrogen-bond acceptors (Lipinski definition) is 6. The molecule has 8 nitrogen and oxygen atoms in total. The van der Waals surface area contributed by atoms with Crippen molar-refractivity contribution in [3.63, 3.8) is 0 Å². The number of nitrogen functional groups attached to an aromatic ring is 1. The Morgan fingerprint density at radius 3 is 2.78 bits per heavy atom. The lowest BCUT2D eigenvalue weighted by Crippen LogP contribution is -2.15. The van der Waals surface area contributed by atoms with Crippen LogP contribution in [0.4, 0.5) is 11.6 Å². The third-order valence-electron chi connectivity index (χ3n) is 2.37. The number of carbonyl (C=O) groups is 1. The second kappa shape index (κ2) is 4.80. The number of hydrogen-bond donors (Lipinski definition) is 3. The summed E-state index contributed by atoms with van der Waals surface area (Å²) in [6.45, 7) is 1.82. The molecule has 8 heteroatoms. The summed E-state index contributed by atoms with van der Waals surface area (Å²) in [5.74, 6) is 5.17. The number of tetrazole rings is 1. The van der Waals surface area contributed by atoms with Crippen molar-refractivity contribution in [2.45, 2.75) is 6.92 Å². The summed E-state index contributed by atoms with van der Waals surface area (Å²) < 4.78 is 0. The Bertz CT molecular complexity index is 577. The molecule has 2 aromatic rings. The SMILES string of the molecule is Cc1cc(NN)ccc1C(=O)Nc1nnn(C)n1. The fraction of sp³-hybridized carbons (Fsp3) is 0.200. The molecule has 0 fully saturated rings. The van der Waals surface area contributed by atoms with Crippen LogP contribution >= 0.6 is 0 Å². The first-order valence-electron chi connectivity index (χ1n) is 5.23. The zero-order valence-corrected chi connectivity index (χ0v) is 10.0. The monoisotopic (exact) mass is 247 g/mol. The van der Waals surface area contributed by atoms with Crippen molar-refractivity contribution in [3.05, 3.63) is 29.3 Å². The summed E-state index contributed by atoms with van der Waals surface area (Å²) in [7, 11) is 1.62. The maximum atomic E-state index is 12.0. The van der Waals surface area contributed by atoms with E-state index in [2.05, 4.69) is 26.2 Å². The highest BCUT2D eigenvalue weighted by atomic mass is 16.1.